The first-order chi connectivity index (χ1) is 8.62. The molecule has 6 nitrogen and oxygen atoms in total. The average Bonchev–Trinajstić information content (AvgIpc) is 2.64. The summed E-state index contributed by atoms with van der Waals surface area (Å²) in [4.78, 5) is 26.3. The van der Waals surface area contributed by atoms with Gasteiger partial charge in [-0.25, -0.2) is 9.59 Å². The topological polar surface area (TPSA) is 77.0 Å². The number of nitrogens with one attached hydrogen (secondary N) is 1. The molecule has 1 aliphatic rings. The summed E-state index contributed by atoms with van der Waals surface area (Å²) in [6.07, 6.45) is 1.60. The van der Waals surface area contributed by atoms with Crippen LogP contribution in [-0.4, -0.2) is 42.1 Å². The van der Waals surface area contributed by atoms with Gasteiger partial charge in [0.15, 0.2) is 0 Å². The molecule has 0 aromatic carbocycles. The van der Waals surface area contributed by atoms with Gasteiger partial charge >= 0.3 is 6.09 Å². The van der Waals surface area contributed by atoms with E-state index in [1.54, 1.807) is 40.7 Å². The van der Waals surface area contributed by atoms with Gasteiger partial charge in [0.1, 0.15) is 5.60 Å². The summed E-state index contributed by atoms with van der Waals surface area (Å²) in [5.74, 6) is 0. The minimum atomic E-state index is -0.803. The molecular formula is C13H22N2O4. The number of hydrogen-bond acceptors (Lipinski definition) is 5. The molecule has 0 bridgehead atoms. The van der Waals surface area contributed by atoms with Crippen molar-refractivity contribution in [3.8, 4) is 0 Å². The van der Waals surface area contributed by atoms with Crippen molar-refractivity contribution in [3.63, 3.8) is 0 Å². The molecule has 0 spiro atoms. The van der Waals surface area contributed by atoms with E-state index in [9.17, 15) is 9.59 Å². The Morgan fingerprint density at radius 3 is 2.42 bits per heavy atom. The van der Waals surface area contributed by atoms with Gasteiger partial charge in [-0.15, -0.1) is 0 Å². The molecule has 1 N–H and O–H groups in total. The third-order valence-corrected chi connectivity index (χ3v) is 3.26. The molecular weight excluding hydrogens is 248 g/mol. The van der Waals surface area contributed by atoms with Crippen LogP contribution in [0.25, 0.3) is 0 Å². The average molecular weight is 270 g/mol. The lowest BCUT2D eigenvalue weighted by atomic mass is 9.79. The van der Waals surface area contributed by atoms with E-state index in [0.29, 0.717) is 19.6 Å². The zero-order valence-corrected chi connectivity index (χ0v) is 12.2. The molecule has 0 saturated carbocycles. The second-order valence-electron chi connectivity index (χ2n) is 6.27. The summed E-state index contributed by atoms with van der Waals surface area (Å²) in [5.41, 5.74) is -2.13. The number of carbonyl (C=O) groups excluding carboxylic acids is 2. The summed E-state index contributed by atoms with van der Waals surface area (Å²) >= 11 is 0. The van der Waals surface area contributed by atoms with E-state index >= 15 is 0 Å². The molecule has 19 heavy (non-hydrogen) atoms. The Morgan fingerprint density at radius 2 is 2.00 bits per heavy atom. The Kier molecular flexibility index (Phi) is 4.38. The van der Waals surface area contributed by atoms with Crippen LogP contribution in [0.3, 0.4) is 0 Å². The SMILES string of the molecule is CC(C)(C)OC(=O)NC1(C(C)(C)N=C=O)CCOC1. The van der Waals surface area contributed by atoms with Gasteiger partial charge in [0.25, 0.3) is 0 Å². The van der Waals surface area contributed by atoms with Crippen LogP contribution in [-0.2, 0) is 14.3 Å². The first-order valence-corrected chi connectivity index (χ1v) is 6.30. The fourth-order valence-electron chi connectivity index (χ4n) is 2.02. The number of alkyl carbamates (subject to hydrolysis) is 1. The number of nitrogens with zero attached hydrogens (tertiary/aromatic N) is 1. The number of aliphatic imine (C=N–C) groups is 1. The third-order valence-electron chi connectivity index (χ3n) is 3.26. The van der Waals surface area contributed by atoms with Crippen molar-refractivity contribution in [2.75, 3.05) is 13.2 Å². The Bertz CT molecular complexity index is 386. The summed E-state index contributed by atoms with van der Waals surface area (Å²) in [6, 6.07) is 0. The van der Waals surface area contributed by atoms with Gasteiger partial charge in [-0.2, -0.15) is 4.99 Å². The van der Waals surface area contributed by atoms with Crippen molar-refractivity contribution >= 4 is 12.2 Å². The number of amides is 1. The zero-order chi connectivity index (χ0) is 14.7. The molecule has 0 aliphatic carbocycles. The lowest BCUT2D eigenvalue weighted by Gasteiger charge is -2.39. The van der Waals surface area contributed by atoms with E-state index in [-0.39, 0.29) is 0 Å². The molecule has 1 atom stereocenters. The monoisotopic (exact) mass is 270 g/mol. The molecule has 1 heterocycles. The van der Waals surface area contributed by atoms with Crippen LogP contribution in [0.1, 0.15) is 41.0 Å². The third kappa shape index (κ3) is 3.78. The normalized spacial score (nSPS) is 23.6. The second kappa shape index (κ2) is 5.31. The lowest BCUT2D eigenvalue weighted by molar-refractivity contribution is 0.0376. The highest BCUT2D eigenvalue weighted by Crippen LogP contribution is 2.33. The highest BCUT2D eigenvalue weighted by Gasteiger charge is 2.50. The number of hydrogen-bond donors (Lipinski definition) is 1. The Morgan fingerprint density at radius 1 is 1.37 bits per heavy atom. The van der Waals surface area contributed by atoms with E-state index in [0.717, 1.165) is 0 Å². The maximum Gasteiger partial charge on any atom is 0.408 e. The number of rotatable bonds is 3. The van der Waals surface area contributed by atoms with E-state index in [1.807, 2.05) is 0 Å². The first kappa shape index (κ1) is 15.7. The molecule has 0 radical (unpaired) electrons. The molecule has 6 heteroatoms. The highest BCUT2D eigenvalue weighted by molar-refractivity contribution is 5.69. The summed E-state index contributed by atoms with van der Waals surface area (Å²) in [6.45, 7) is 9.71. The molecule has 108 valence electrons. The predicted molar refractivity (Wildman–Crippen MR) is 69.7 cm³/mol. The van der Waals surface area contributed by atoms with Crippen LogP contribution in [0.2, 0.25) is 0 Å². The molecule has 1 amide bonds. The van der Waals surface area contributed by atoms with Crippen LogP contribution < -0.4 is 5.32 Å². The number of carbonyl (C=O) groups is 1. The standard InChI is InChI=1S/C13H22N2O4/c1-11(2,3)19-10(17)15-13(6-7-18-8-13)12(4,5)14-9-16/h6-8H2,1-5H3,(H,15,17). The maximum atomic E-state index is 11.9. The maximum absolute atomic E-state index is 11.9. The summed E-state index contributed by atoms with van der Waals surface area (Å²) in [7, 11) is 0. The van der Waals surface area contributed by atoms with Gasteiger partial charge in [0, 0.05) is 6.61 Å². The minimum absolute atomic E-state index is 0.296. The lowest BCUT2D eigenvalue weighted by Crippen LogP contribution is -2.62. The van der Waals surface area contributed by atoms with Crippen molar-refractivity contribution in [2.45, 2.75) is 57.7 Å². The highest BCUT2D eigenvalue weighted by atomic mass is 16.6. The van der Waals surface area contributed by atoms with Crippen LogP contribution in [0, 0.1) is 0 Å². The van der Waals surface area contributed by atoms with Crippen molar-refractivity contribution in [2.24, 2.45) is 4.99 Å². The molecule has 1 saturated heterocycles. The molecule has 1 unspecified atom stereocenters. The molecule has 1 rings (SSSR count). The van der Waals surface area contributed by atoms with Crippen LogP contribution in [0.4, 0.5) is 4.79 Å². The Labute approximate surface area is 113 Å². The van der Waals surface area contributed by atoms with E-state index in [1.165, 1.54) is 0 Å². The van der Waals surface area contributed by atoms with E-state index in [4.69, 9.17) is 9.47 Å². The largest absolute Gasteiger partial charge is 0.444 e. The van der Waals surface area contributed by atoms with Gasteiger partial charge in [-0.05, 0) is 41.0 Å². The molecule has 1 aliphatic heterocycles. The van der Waals surface area contributed by atoms with Crippen molar-refractivity contribution in [1.29, 1.82) is 0 Å². The molecule has 0 aromatic rings. The van der Waals surface area contributed by atoms with Crippen LogP contribution in [0.15, 0.2) is 4.99 Å². The Balaban J connectivity index is 2.90. The number of isocyanates is 1. The van der Waals surface area contributed by atoms with Crippen LogP contribution in [0.5, 0.6) is 0 Å². The van der Waals surface area contributed by atoms with Crippen molar-refractivity contribution < 1.29 is 19.1 Å². The van der Waals surface area contributed by atoms with Gasteiger partial charge in [0.05, 0.1) is 17.7 Å². The fourth-order valence-corrected chi connectivity index (χ4v) is 2.02. The second-order valence-corrected chi connectivity index (χ2v) is 6.27. The molecule has 1 fully saturated rings. The van der Waals surface area contributed by atoms with Crippen molar-refractivity contribution in [3.05, 3.63) is 0 Å². The Hall–Kier alpha value is -1.39. The fraction of sp³-hybridized carbons (Fsp3) is 0.846. The molecule has 0 aromatic heterocycles. The smallest absolute Gasteiger partial charge is 0.408 e. The van der Waals surface area contributed by atoms with Gasteiger partial charge in [-0.1, -0.05) is 0 Å². The van der Waals surface area contributed by atoms with E-state index in [2.05, 4.69) is 10.3 Å². The predicted octanol–water partition coefficient (Wildman–Crippen LogP) is 1.78. The van der Waals surface area contributed by atoms with E-state index < -0.39 is 22.8 Å². The van der Waals surface area contributed by atoms with Crippen LogP contribution >= 0.6 is 0 Å². The summed E-state index contributed by atoms with van der Waals surface area (Å²) < 4.78 is 10.6. The first-order valence-electron chi connectivity index (χ1n) is 6.30. The summed E-state index contributed by atoms with van der Waals surface area (Å²) in [5, 5.41) is 2.82. The van der Waals surface area contributed by atoms with Gasteiger partial charge in [0.2, 0.25) is 6.08 Å². The number of ether oxygens (including phenoxy) is 2. The zero-order valence-electron chi connectivity index (χ0n) is 12.2. The quantitative estimate of drug-likeness (QED) is 0.626. The van der Waals surface area contributed by atoms with Crippen molar-refractivity contribution in [1.82, 2.24) is 5.32 Å². The van der Waals surface area contributed by atoms with Gasteiger partial charge in [-0.3, -0.25) is 0 Å². The minimum Gasteiger partial charge on any atom is -0.444 e. The van der Waals surface area contributed by atoms with Gasteiger partial charge < -0.3 is 14.8 Å².